The second-order valence-electron chi connectivity index (χ2n) is 5.70. The van der Waals surface area contributed by atoms with Gasteiger partial charge in [0.25, 0.3) is 0 Å². The third-order valence-electron chi connectivity index (χ3n) is 4.10. The Morgan fingerprint density at radius 1 is 1.16 bits per heavy atom. The maximum atomic E-state index is 9.02. The number of aliphatic hydroxyl groups excluding tert-OH is 1. The first-order valence-corrected chi connectivity index (χ1v) is 9.89. The summed E-state index contributed by atoms with van der Waals surface area (Å²) in [5.74, 6) is 0.860. The standard InChI is InChI=1S/C19H21BrN2O2S/c1-2-22(9-11-23)10-12-24-16-7-8-17-18(13-16)25-21-19(17)14-3-5-15(20)6-4-14/h3-8,13,23H,2,9-12H2,1H3. The molecule has 0 bridgehead atoms. The predicted octanol–water partition coefficient (Wildman–Crippen LogP) is 4.42. The van der Waals surface area contributed by atoms with E-state index in [1.807, 2.05) is 18.2 Å². The molecular formula is C19H21BrN2O2S. The predicted molar refractivity (Wildman–Crippen MR) is 107 cm³/mol. The van der Waals surface area contributed by atoms with Gasteiger partial charge in [-0.05, 0) is 48.4 Å². The number of hydrogen-bond acceptors (Lipinski definition) is 5. The van der Waals surface area contributed by atoms with Crippen LogP contribution in [0, 0.1) is 0 Å². The van der Waals surface area contributed by atoms with Gasteiger partial charge in [0, 0.05) is 28.5 Å². The Bertz CT molecular complexity index is 820. The highest BCUT2D eigenvalue weighted by Crippen LogP contribution is 2.33. The molecule has 1 heterocycles. The molecule has 0 aliphatic carbocycles. The average molecular weight is 421 g/mol. The van der Waals surface area contributed by atoms with E-state index in [0.29, 0.717) is 13.2 Å². The lowest BCUT2D eigenvalue weighted by atomic mass is 10.1. The van der Waals surface area contributed by atoms with Crippen molar-refractivity contribution in [3.63, 3.8) is 0 Å². The smallest absolute Gasteiger partial charge is 0.120 e. The largest absolute Gasteiger partial charge is 0.492 e. The molecule has 0 saturated heterocycles. The number of fused-ring (bicyclic) bond motifs is 1. The molecule has 25 heavy (non-hydrogen) atoms. The van der Waals surface area contributed by atoms with Crippen molar-refractivity contribution >= 4 is 37.5 Å². The zero-order chi connectivity index (χ0) is 17.6. The molecule has 0 fully saturated rings. The molecule has 3 aromatic rings. The summed E-state index contributed by atoms with van der Waals surface area (Å²) in [7, 11) is 0. The molecule has 0 aliphatic heterocycles. The number of aliphatic hydroxyl groups is 1. The van der Waals surface area contributed by atoms with Gasteiger partial charge in [0.2, 0.25) is 0 Å². The van der Waals surface area contributed by atoms with Gasteiger partial charge in [0.1, 0.15) is 12.4 Å². The highest BCUT2D eigenvalue weighted by atomic mass is 79.9. The zero-order valence-corrected chi connectivity index (χ0v) is 16.5. The molecule has 0 unspecified atom stereocenters. The Morgan fingerprint density at radius 2 is 1.96 bits per heavy atom. The van der Waals surface area contributed by atoms with Crippen LogP contribution < -0.4 is 4.74 Å². The number of likely N-dealkylation sites (N-methyl/N-ethyl adjacent to an activating group) is 1. The Labute approximate surface area is 160 Å². The maximum Gasteiger partial charge on any atom is 0.120 e. The van der Waals surface area contributed by atoms with Crippen molar-refractivity contribution in [2.24, 2.45) is 0 Å². The number of benzene rings is 2. The van der Waals surface area contributed by atoms with E-state index in [9.17, 15) is 0 Å². The fourth-order valence-electron chi connectivity index (χ4n) is 2.69. The van der Waals surface area contributed by atoms with Crippen LogP contribution >= 0.6 is 27.5 Å². The molecule has 0 spiro atoms. The maximum absolute atomic E-state index is 9.02. The second-order valence-corrected chi connectivity index (χ2v) is 7.42. The molecule has 0 radical (unpaired) electrons. The normalized spacial score (nSPS) is 11.4. The van der Waals surface area contributed by atoms with Crippen molar-refractivity contribution < 1.29 is 9.84 Å². The number of ether oxygens (including phenoxy) is 1. The van der Waals surface area contributed by atoms with Gasteiger partial charge in [-0.3, -0.25) is 4.90 Å². The molecule has 1 aromatic heterocycles. The van der Waals surface area contributed by atoms with Crippen LogP contribution in [0.4, 0.5) is 0 Å². The number of rotatable bonds is 8. The van der Waals surface area contributed by atoms with Gasteiger partial charge < -0.3 is 9.84 Å². The minimum Gasteiger partial charge on any atom is -0.492 e. The lowest BCUT2D eigenvalue weighted by Crippen LogP contribution is -2.30. The number of halogens is 1. The van der Waals surface area contributed by atoms with E-state index in [0.717, 1.165) is 44.7 Å². The molecule has 0 amide bonds. The summed E-state index contributed by atoms with van der Waals surface area (Å²) in [4.78, 5) is 2.16. The number of aromatic nitrogens is 1. The SMILES string of the molecule is CCN(CCO)CCOc1ccc2c(-c3ccc(Br)cc3)nsc2c1. The van der Waals surface area contributed by atoms with E-state index in [1.54, 1.807) is 0 Å². The molecule has 0 aliphatic rings. The molecule has 2 aromatic carbocycles. The first-order chi connectivity index (χ1) is 12.2. The van der Waals surface area contributed by atoms with Gasteiger partial charge in [-0.15, -0.1) is 0 Å². The minimum absolute atomic E-state index is 0.180. The molecule has 4 nitrogen and oxygen atoms in total. The molecule has 132 valence electrons. The number of hydrogen-bond donors (Lipinski definition) is 1. The topological polar surface area (TPSA) is 45.6 Å². The van der Waals surface area contributed by atoms with Crippen molar-refractivity contribution in [2.75, 3.05) is 32.8 Å². The molecule has 3 rings (SSSR count). The van der Waals surface area contributed by atoms with E-state index < -0.39 is 0 Å². The summed E-state index contributed by atoms with van der Waals surface area (Å²) in [5.41, 5.74) is 2.13. The Morgan fingerprint density at radius 3 is 2.68 bits per heavy atom. The van der Waals surface area contributed by atoms with Crippen LogP contribution in [0.25, 0.3) is 21.3 Å². The molecule has 6 heteroatoms. The van der Waals surface area contributed by atoms with Crippen molar-refractivity contribution in [3.8, 4) is 17.0 Å². The minimum atomic E-state index is 0.180. The third-order valence-corrected chi connectivity index (χ3v) is 5.44. The van der Waals surface area contributed by atoms with E-state index in [4.69, 9.17) is 9.84 Å². The van der Waals surface area contributed by atoms with Gasteiger partial charge in [-0.2, -0.15) is 4.37 Å². The second kappa shape index (κ2) is 8.76. The molecule has 0 atom stereocenters. The molecule has 0 saturated carbocycles. The van der Waals surface area contributed by atoms with Gasteiger partial charge in [0.05, 0.1) is 17.0 Å². The highest BCUT2D eigenvalue weighted by Gasteiger charge is 2.10. The third kappa shape index (κ3) is 4.58. The van der Waals surface area contributed by atoms with Crippen molar-refractivity contribution in [1.82, 2.24) is 9.27 Å². The monoisotopic (exact) mass is 420 g/mol. The van der Waals surface area contributed by atoms with Crippen LogP contribution in [0.5, 0.6) is 5.75 Å². The Hall–Kier alpha value is -1.47. The quantitative estimate of drug-likeness (QED) is 0.585. The summed E-state index contributed by atoms with van der Waals surface area (Å²) in [6, 6.07) is 14.3. The Balaban J connectivity index is 1.70. The zero-order valence-electron chi connectivity index (χ0n) is 14.1. The summed E-state index contributed by atoms with van der Waals surface area (Å²) in [5, 5.41) is 10.2. The van der Waals surface area contributed by atoms with E-state index in [2.05, 4.69) is 56.4 Å². The van der Waals surface area contributed by atoms with Crippen molar-refractivity contribution in [2.45, 2.75) is 6.92 Å². The van der Waals surface area contributed by atoms with E-state index >= 15 is 0 Å². The number of nitrogens with zero attached hydrogens (tertiary/aromatic N) is 2. The van der Waals surface area contributed by atoms with Crippen molar-refractivity contribution in [3.05, 3.63) is 46.9 Å². The van der Waals surface area contributed by atoms with Crippen LogP contribution in [-0.4, -0.2) is 47.2 Å². The summed E-state index contributed by atoms with van der Waals surface area (Å²) in [6.07, 6.45) is 0. The average Bonchev–Trinajstić information content (AvgIpc) is 3.05. The van der Waals surface area contributed by atoms with Gasteiger partial charge in [-0.1, -0.05) is 35.0 Å². The van der Waals surface area contributed by atoms with Crippen LogP contribution in [0.3, 0.4) is 0 Å². The summed E-state index contributed by atoms with van der Waals surface area (Å²) in [6.45, 7) is 5.28. The highest BCUT2D eigenvalue weighted by molar-refractivity contribution is 9.10. The first kappa shape index (κ1) is 18.3. The van der Waals surface area contributed by atoms with Crippen LogP contribution in [0.2, 0.25) is 0 Å². The van der Waals surface area contributed by atoms with Crippen molar-refractivity contribution in [1.29, 1.82) is 0 Å². The van der Waals surface area contributed by atoms with Crippen LogP contribution in [-0.2, 0) is 0 Å². The fourth-order valence-corrected chi connectivity index (χ4v) is 3.78. The summed E-state index contributed by atoms with van der Waals surface area (Å²) < 4.78 is 12.7. The van der Waals surface area contributed by atoms with E-state index in [-0.39, 0.29) is 6.61 Å². The molecule has 1 N–H and O–H groups in total. The van der Waals surface area contributed by atoms with Gasteiger partial charge in [0.15, 0.2) is 0 Å². The van der Waals surface area contributed by atoms with Gasteiger partial charge in [-0.25, -0.2) is 0 Å². The van der Waals surface area contributed by atoms with Crippen LogP contribution in [0.15, 0.2) is 46.9 Å². The lowest BCUT2D eigenvalue weighted by molar-refractivity contribution is 0.174. The van der Waals surface area contributed by atoms with Crippen LogP contribution in [0.1, 0.15) is 6.92 Å². The Kier molecular flexibility index (Phi) is 6.42. The first-order valence-electron chi connectivity index (χ1n) is 8.32. The van der Waals surface area contributed by atoms with Gasteiger partial charge >= 0.3 is 0 Å². The fraction of sp³-hybridized carbons (Fsp3) is 0.316. The lowest BCUT2D eigenvalue weighted by Gasteiger charge is -2.19. The van der Waals surface area contributed by atoms with E-state index in [1.165, 1.54) is 11.5 Å². The molecular weight excluding hydrogens is 400 g/mol. The summed E-state index contributed by atoms with van der Waals surface area (Å²) >= 11 is 4.96.